The molecule has 3 aromatic carbocycles. The Bertz CT molecular complexity index is 1470. The number of carbonyl (C=O) groups excluding carboxylic acids is 2. The Morgan fingerprint density at radius 2 is 1.61 bits per heavy atom. The van der Waals surface area contributed by atoms with Gasteiger partial charge in [0, 0.05) is 13.1 Å². The molecule has 0 saturated heterocycles. The van der Waals surface area contributed by atoms with E-state index in [1.165, 1.54) is 59.5 Å². The van der Waals surface area contributed by atoms with Crippen LogP contribution in [0.25, 0.3) is 0 Å². The van der Waals surface area contributed by atoms with Crippen molar-refractivity contribution >= 4 is 50.7 Å². The van der Waals surface area contributed by atoms with Gasteiger partial charge in [-0.05, 0) is 61.2 Å². The summed E-state index contributed by atoms with van der Waals surface area (Å²) in [5.41, 5.74) is 1.45. The van der Waals surface area contributed by atoms with Gasteiger partial charge in [-0.2, -0.15) is 0 Å². The Hall–Kier alpha value is -3.14. The lowest BCUT2D eigenvalue weighted by atomic mass is 10.1. The maximum atomic E-state index is 14.1. The Kier molecular flexibility index (Phi) is 11.2. The molecule has 0 fully saturated rings. The normalized spacial score (nSPS) is 12.2. The summed E-state index contributed by atoms with van der Waals surface area (Å²) < 4.78 is 42.4. The SMILES string of the molecule is CCC(C(=O)NCC(C)C)N(Cc1ccc(F)cc1)C(=O)CN(c1cccc(Cl)c1Cl)S(=O)(=O)c1ccc(C)cc1. The van der Waals surface area contributed by atoms with Gasteiger partial charge < -0.3 is 10.2 Å². The second-order valence-corrected chi connectivity index (χ2v) is 12.8. The lowest BCUT2D eigenvalue weighted by molar-refractivity contribution is -0.140. The van der Waals surface area contributed by atoms with Gasteiger partial charge in [0.15, 0.2) is 0 Å². The number of nitrogens with one attached hydrogen (secondary N) is 1. The van der Waals surface area contributed by atoms with E-state index in [1.807, 2.05) is 20.8 Å². The van der Waals surface area contributed by atoms with Crippen LogP contribution in [-0.4, -0.2) is 44.3 Å². The van der Waals surface area contributed by atoms with E-state index in [2.05, 4.69) is 5.32 Å². The first kappa shape index (κ1) is 32.4. The van der Waals surface area contributed by atoms with Crippen molar-refractivity contribution in [3.05, 3.63) is 93.7 Å². The van der Waals surface area contributed by atoms with E-state index in [0.29, 0.717) is 12.1 Å². The monoisotopic (exact) mass is 621 g/mol. The average molecular weight is 623 g/mol. The van der Waals surface area contributed by atoms with Crippen LogP contribution in [-0.2, 0) is 26.2 Å². The van der Waals surface area contributed by atoms with Gasteiger partial charge >= 0.3 is 0 Å². The number of aryl methyl sites for hydroxylation is 1. The number of hydrogen-bond acceptors (Lipinski definition) is 4. The van der Waals surface area contributed by atoms with Gasteiger partial charge in [-0.1, -0.05) is 79.9 Å². The second-order valence-electron chi connectivity index (χ2n) is 10.1. The van der Waals surface area contributed by atoms with E-state index < -0.39 is 34.3 Å². The lowest BCUT2D eigenvalue weighted by Gasteiger charge is -2.33. The molecular weight excluding hydrogens is 588 g/mol. The van der Waals surface area contributed by atoms with E-state index in [1.54, 1.807) is 19.1 Å². The molecular formula is C30H34Cl2FN3O4S. The minimum atomic E-state index is -4.30. The number of anilines is 1. The van der Waals surface area contributed by atoms with E-state index in [0.717, 1.165) is 9.87 Å². The van der Waals surface area contributed by atoms with Crippen molar-refractivity contribution in [3.8, 4) is 0 Å². The van der Waals surface area contributed by atoms with Gasteiger partial charge in [-0.3, -0.25) is 13.9 Å². The molecule has 1 atom stereocenters. The molecule has 0 saturated carbocycles. The summed E-state index contributed by atoms with van der Waals surface area (Å²) in [6.45, 7) is 7.18. The van der Waals surface area contributed by atoms with Crippen LogP contribution < -0.4 is 9.62 Å². The van der Waals surface area contributed by atoms with Gasteiger partial charge in [0.25, 0.3) is 10.0 Å². The fourth-order valence-corrected chi connectivity index (χ4v) is 6.04. The molecule has 220 valence electrons. The van der Waals surface area contributed by atoms with Crippen LogP contribution in [0.3, 0.4) is 0 Å². The molecule has 11 heteroatoms. The number of carbonyl (C=O) groups is 2. The first-order chi connectivity index (χ1) is 19.3. The van der Waals surface area contributed by atoms with Gasteiger partial charge in [-0.25, -0.2) is 12.8 Å². The highest BCUT2D eigenvalue weighted by Gasteiger charge is 2.34. The third kappa shape index (κ3) is 8.21. The quantitative estimate of drug-likeness (QED) is 0.260. The highest BCUT2D eigenvalue weighted by Crippen LogP contribution is 2.35. The zero-order valence-corrected chi connectivity index (χ0v) is 25.7. The number of rotatable bonds is 12. The Morgan fingerprint density at radius 3 is 2.20 bits per heavy atom. The smallest absolute Gasteiger partial charge is 0.264 e. The fourth-order valence-electron chi connectivity index (χ4n) is 4.16. The molecule has 0 aliphatic heterocycles. The van der Waals surface area contributed by atoms with E-state index in [9.17, 15) is 22.4 Å². The van der Waals surface area contributed by atoms with Crippen LogP contribution in [0.2, 0.25) is 10.0 Å². The summed E-state index contributed by atoms with van der Waals surface area (Å²) in [4.78, 5) is 28.6. The molecule has 0 bridgehead atoms. The van der Waals surface area contributed by atoms with Crippen LogP contribution in [0.1, 0.15) is 38.3 Å². The molecule has 3 aromatic rings. The van der Waals surface area contributed by atoms with Gasteiger partial charge in [0.2, 0.25) is 11.8 Å². The molecule has 3 rings (SSSR count). The van der Waals surface area contributed by atoms with Crippen molar-refractivity contribution < 1.29 is 22.4 Å². The number of halogens is 3. The number of nitrogens with zero attached hydrogens (tertiary/aromatic N) is 2. The third-order valence-electron chi connectivity index (χ3n) is 6.42. The summed E-state index contributed by atoms with van der Waals surface area (Å²) in [6, 6.07) is 15.4. The molecule has 0 aromatic heterocycles. The molecule has 41 heavy (non-hydrogen) atoms. The van der Waals surface area contributed by atoms with Crippen molar-refractivity contribution in [2.45, 2.75) is 51.6 Å². The van der Waals surface area contributed by atoms with Crippen molar-refractivity contribution in [2.75, 3.05) is 17.4 Å². The third-order valence-corrected chi connectivity index (χ3v) is 9.01. The van der Waals surface area contributed by atoms with Crippen molar-refractivity contribution in [1.29, 1.82) is 0 Å². The molecule has 0 aliphatic rings. The van der Waals surface area contributed by atoms with Gasteiger partial charge in [0.1, 0.15) is 18.4 Å². The van der Waals surface area contributed by atoms with E-state index >= 15 is 0 Å². The molecule has 7 nitrogen and oxygen atoms in total. The Labute approximate surface area is 251 Å². The summed E-state index contributed by atoms with van der Waals surface area (Å²) in [5.74, 6) is -1.28. The minimum Gasteiger partial charge on any atom is -0.354 e. The number of amides is 2. The number of hydrogen-bond donors (Lipinski definition) is 1. The van der Waals surface area contributed by atoms with Gasteiger partial charge in [0.05, 0.1) is 20.6 Å². The van der Waals surface area contributed by atoms with E-state index in [4.69, 9.17) is 23.2 Å². The molecule has 0 radical (unpaired) electrons. The average Bonchev–Trinajstić information content (AvgIpc) is 2.93. The molecule has 0 spiro atoms. The van der Waals surface area contributed by atoms with Gasteiger partial charge in [-0.15, -0.1) is 0 Å². The van der Waals surface area contributed by atoms with E-state index in [-0.39, 0.29) is 45.4 Å². The Morgan fingerprint density at radius 1 is 0.976 bits per heavy atom. The van der Waals surface area contributed by atoms with Crippen LogP contribution in [0.5, 0.6) is 0 Å². The predicted molar refractivity (Wildman–Crippen MR) is 161 cm³/mol. The summed E-state index contributed by atoms with van der Waals surface area (Å²) in [5, 5.41) is 2.94. The fraction of sp³-hybridized carbons (Fsp3) is 0.333. The minimum absolute atomic E-state index is 0.0205. The maximum Gasteiger partial charge on any atom is 0.264 e. The van der Waals surface area contributed by atoms with Crippen molar-refractivity contribution in [2.24, 2.45) is 5.92 Å². The second kappa shape index (κ2) is 14.2. The summed E-state index contributed by atoms with van der Waals surface area (Å²) >= 11 is 12.7. The van der Waals surface area contributed by atoms with Crippen molar-refractivity contribution in [1.82, 2.24) is 10.2 Å². The summed E-state index contributed by atoms with van der Waals surface area (Å²) in [7, 11) is -4.30. The van der Waals surface area contributed by atoms with Crippen LogP contribution in [0, 0.1) is 18.7 Å². The molecule has 2 amide bonds. The summed E-state index contributed by atoms with van der Waals surface area (Å²) in [6.07, 6.45) is 0.263. The van der Waals surface area contributed by atoms with Crippen LogP contribution >= 0.6 is 23.2 Å². The molecule has 0 heterocycles. The number of sulfonamides is 1. The first-order valence-electron chi connectivity index (χ1n) is 13.2. The Balaban J connectivity index is 2.08. The zero-order valence-electron chi connectivity index (χ0n) is 23.4. The first-order valence-corrected chi connectivity index (χ1v) is 15.4. The molecule has 1 N–H and O–H groups in total. The largest absolute Gasteiger partial charge is 0.354 e. The standard InChI is InChI=1S/C30H34Cl2FN3O4S/c1-5-26(30(38)34-17-20(2)3)35(18-22-11-13-23(33)14-12-22)28(37)19-36(27-8-6-7-25(31)29(27)32)41(39,40)24-15-9-21(4)10-16-24/h6-16,20,26H,5,17-19H2,1-4H3,(H,34,38). The highest BCUT2D eigenvalue weighted by molar-refractivity contribution is 7.92. The number of benzene rings is 3. The van der Waals surface area contributed by atoms with Crippen molar-refractivity contribution in [3.63, 3.8) is 0 Å². The lowest BCUT2D eigenvalue weighted by Crippen LogP contribution is -2.52. The zero-order chi connectivity index (χ0) is 30.3. The topological polar surface area (TPSA) is 86.8 Å². The van der Waals surface area contributed by atoms with Crippen LogP contribution in [0.4, 0.5) is 10.1 Å². The molecule has 0 aliphatic carbocycles. The predicted octanol–water partition coefficient (Wildman–Crippen LogP) is 6.22. The highest BCUT2D eigenvalue weighted by atomic mass is 35.5. The van der Waals surface area contributed by atoms with Crippen LogP contribution in [0.15, 0.2) is 71.6 Å². The molecule has 1 unspecified atom stereocenters. The maximum absolute atomic E-state index is 14.1.